The molecule has 106 valence electrons. The molecule has 0 aliphatic heterocycles. The first kappa shape index (κ1) is 14.7. The smallest absolute Gasteiger partial charge is 0.271 e. The largest absolute Gasteiger partial charge is 0.368 e. The summed E-state index contributed by atoms with van der Waals surface area (Å²) in [6, 6.07) is 7.31. The first-order valence-electron chi connectivity index (χ1n) is 6.29. The van der Waals surface area contributed by atoms with Crippen LogP contribution in [0.4, 0.5) is 5.82 Å². The Hall–Kier alpha value is -1.66. The highest BCUT2D eigenvalue weighted by Crippen LogP contribution is 2.21. The lowest BCUT2D eigenvalue weighted by molar-refractivity contribution is 0.0950. The van der Waals surface area contributed by atoms with Crippen molar-refractivity contribution < 1.29 is 4.79 Å². The molecule has 0 radical (unpaired) electrons. The number of carbonyl (C=O) groups excluding carboxylic acids is 1. The van der Waals surface area contributed by atoms with Gasteiger partial charge in [-0.2, -0.15) is 0 Å². The van der Waals surface area contributed by atoms with Gasteiger partial charge in [-0.15, -0.1) is 21.5 Å². The quantitative estimate of drug-likeness (QED) is 0.860. The van der Waals surface area contributed by atoms with Crippen molar-refractivity contribution in [1.82, 2.24) is 15.5 Å². The van der Waals surface area contributed by atoms with E-state index in [2.05, 4.69) is 20.8 Å². The molecule has 0 atom stereocenters. The molecular formula is C13H15ClN4OS. The predicted molar refractivity (Wildman–Crippen MR) is 81.6 cm³/mol. The monoisotopic (exact) mass is 310 g/mol. The van der Waals surface area contributed by atoms with Crippen LogP contribution in [0.25, 0.3) is 0 Å². The van der Waals surface area contributed by atoms with Crippen LogP contribution in [0.2, 0.25) is 4.34 Å². The van der Waals surface area contributed by atoms with Crippen molar-refractivity contribution in [2.45, 2.75) is 13.3 Å². The minimum atomic E-state index is -0.209. The van der Waals surface area contributed by atoms with E-state index in [-0.39, 0.29) is 5.91 Å². The van der Waals surface area contributed by atoms with Crippen molar-refractivity contribution in [2.75, 3.05) is 18.4 Å². The van der Waals surface area contributed by atoms with Crippen LogP contribution in [0.15, 0.2) is 24.3 Å². The fraction of sp³-hybridized carbons (Fsp3) is 0.308. The molecule has 5 nitrogen and oxygen atoms in total. The molecule has 1 amide bonds. The van der Waals surface area contributed by atoms with E-state index in [4.69, 9.17) is 11.6 Å². The second-order valence-corrected chi connectivity index (χ2v) is 5.85. The van der Waals surface area contributed by atoms with Crippen LogP contribution in [-0.4, -0.2) is 29.2 Å². The second-order valence-electron chi connectivity index (χ2n) is 4.05. The van der Waals surface area contributed by atoms with Gasteiger partial charge in [0.2, 0.25) is 0 Å². The lowest BCUT2D eigenvalue weighted by atomic mass is 10.3. The first-order chi connectivity index (χ1) is 9.69. The third-order valence-electron chi connectivity index (χ3n) is 2.54. The Morgan fingerprint density at radius 3 is 2.75 bits per heavy atom. The summed E-state index contributed by atoms with van der Waals surface area (Å²) in [5, 5.41) is 13.7. The lowest BCUT2D eigenvalue weighted by Gasteiger charge is -2.05. The molecule has 2 rings (SSSR count). The summed E-state index contributed by atoms with van der Waals surface area (Å²) in [4.78, 5) is 12.7. The lowest BCUT2D eigenvalue weighted by Crippen LogP contribution is -2.24. The molecule has 20 heavy (non-hydrogen) atoms. The molecule has 2 aromatic rings. The standard InChI is InChI=1S/C13H15ClN4OS/c1-2-15-13(19)10-4-6-12(18-17-10)16-8-7-9-3-5-11(14)20-9/h3-6H,2,7-8H2,1H3,(H,15,19)(H,16,18). The van der Waals surface area contributed by atoms with Crippen LogP contribution in [0.3, 0.4) is 0 Å². The SMILES string of the molecule is CCNC(=O)c1ccc(NCCc2ccc(Cl)s2)nn1. The Morgan fingerprint density at radius 2 is 2.15 bits per heavy atom. The van der Waals surface area contributed by atoms with Gasteiger partial charge in [-0.3, -0.25) is 4.79 Å². The van der Waals surface area contributed by atoms with Gasteiger partial charge in [0.25, 0.3) is 5.91 Å². The maximum atomic E-state index is 11.5. The van der Waals surface area contributed by atoms with Gasteiger partial charge in [-0.05, 0) is 37.6 Å². The number of halogens is 1. The molecule has 7 heteroatoms. The van der Waals surface area contributed by atoms with E-state index in [1.165, 1.54) is 4.88 Å². The Kier molecular flexibility index (Phi) is 5.31. The van der Waals surface area contributed by atoms with Crippen molar-refractivity contribution in [1.29, 1.82) is 0 Å². The summed E-state index contributed by atoms with van der Waals surface area (Å²) in [5.41, 5.74) is 0.322. The highest BCUT2D eigenvalue weighted by molar-refractivity contribution is 7.16. The fourth-order valence-electron chi connectivity index (χ4n) is 1.60. The second kappa shape index (κ2) is 7.21. The third-order valence-corrected chi connectivity index (χ3v) is 3.83. The molecule has 0 saturated carbocycles. The van der Waals surface area contributed by atoms with Gasteiger partial charge in [0.1, 0.15) is 5.82 Å². The van der Waals surface area contributed by atoms with Crippen molar-refractivity contribution >= 4 is 34.7 Å². The van der Waals surface area contributed by atoms with Crippen LogP contribution < -0.4 is 10.6 Å². The van der Waals surface area contributed by atoms with Crippen LogP contribution in [-0.2, 0) is 6.42 Å². The molecule has 0 aliphatic carbocycles. The number of anilines is 1. The van der Waals surface area contributed by atoms with Crippen LogP contribution in [0.1, 0.15) is 22.3 Å². The van der Waals surface area contributed by atoms with Gasteiger partial charge in [0, 0.05) is 18.0 Å². The van der Waals surface area contributed by atoms with Gasteiger partial charge in [0.15, 0.2) is 5.69 Å². The van der Waals surface area contributed by atoms with Gasteiger partial charge < -0.3 is 10.6 Å². The van der Waals surface area contributed by atoms with Crippen molar-refractivity contribution in [3.8, 4) is 0 Å². The van der Waals surface area contributed by atoms with E-state index < -0.39 is 0 Å². The van der Waals surface area contributed by atoms with Crippen LogP contribution in [0.5, 0.6) is 0 Å². The molecular weight excluding hydrogens is 296 g/mol. The maximum absolute atomic E-state index is 11.5. The van der Waals surface area contributed by atoms with Gasteiger partial charge >= 0.3 is 0 Å². The maximum Gasteiger partial charge on any atom is 0.271 e. The van der Waals surface area contributed by atoms with Crippen molar-refractivity contribution in [3.05, 3.63) is 39.2 Å². The van der Waals surface area contributed by atoms with E-state index >= 15 is 0 Å². The number of nitrogens with one attached hydrogen (secondary N) is 2. The number of hydrogen-bond acceptors (Lipinski definition) is 5. The van der Waals surface area contributed by atoms with Crippen LogP contribution in [0, 0.1) is 0 Å². The van der Waals surface area contributed by atoms with Gasteiger partial charge in [-0.25, -0.2) is 0 Å². The number of hydrogen-bond donors (Lipinski definition) is 2. The minimum absolute atomic E-state index is 0.209. The molecule has 0 spiro atoms. The van der Waals surface area contributed by atoms with Crippen molar-refractivity contribution in [2.24, 2.45) is 0 Å². The van der Waals surface area contributed by atoms with E-state index in [0.29, 0.717) is 18.1 Å². The number of aromatic nitrogens is 2. The zero-order chi connectivity index (χ0) is 14.4. The molecule has 2 N–H and O–H groups in total. The predicted octanol–water partition coefficient (Wildman–Crippen LogP) is 2.60. The molecule has 0 bridgehead atoms. The number of rotatable bonds is 6. The molecule has 0 saturated heterocycles. The van der Waals surface area contributed by atoms with E-state index in [1.54, 1.807) is 23.5 Å². The summed E-state index contributed by atoms with van der Waals surface area (Å²) in [5.74, 6) is 0.445. The Bertz CT molecular complexity index is 570. The van der Waals surface area contributed by atoms with Crippen molar-refractivity contribution in [3.63, 3.8) is 0 Å². The topological polar surface area (TPSA) is 66.9 Å². The zero-order valence-corrected chi connectivity index (χ0v) is 12.6. The summed E-state index contributed by atoms with van der Waals surface area (Å²) in [6.45, 7) is 3.17. The summed E-state index contributed by atoms with van der Waals surface area (Å²) in [7, 11) is 0. The molecule has 0 aromatic carbocycles. The number of carbonyl (C=O) groups is 1. The fourth-order valence-corrected chi connectivity index (χ4v) is 2.69. The minimum Gasteiger partial charge on any atom is -0.368 e. The van der Waals surface area contributed by atoms with Gasteiger partial charge in [0.05, 0.1) is 4.34 Å². The highest BCUT2D eigenvalue weighted by Gasteiger charge is 2.06. The van der Waals surface area contributed by atoms with E-state index in [1.807, 2.05) is 19.1 Å². The number of thiophene rings is 1. The number of amides is 1. The average Bonchev–Trinajstić information content (AvgIpc) is 2.85. The summed E-state index contributed by atoms with van der Waals surface area (Å²) >= 11 is 7.44. The molecule has 2 aromatic heterocycles. The highest BCUT2D eigenvalue weighted by atomic mass is 35.5. The Morgan fingerprint density at radius 1 is 1.30 bits per heavy atom. The molecule has 0 unspecified atom stereocenters. The Balaban J connectivity index is 1.83. The molecule has 0 aliphatic rings. The summed E-state index contributed by atoms with van der Waals surface area (Å²) < 4.78 is 0.797. The molecule has 0 fully saturated rings. The summed E-state index contributed by atoms with van der Waals surface area (Å²) in [6.07, 6.45) is 0.872. The van der Waals surface area contributed by atoms with Gasteiger partial charge in [-0.1, -0.05) is 11.6 Å². The number of nitrogens with zero attached hydrogens (tertiary/aromatic N) is 2. The normalized spacial score (nSPS) is 10.3. The Labute approximate surface area is 126 Å². The first-order valence-corrected chi connectivity index (χ1v) is 7.48. The molecule has 2 heterocycles. The third kappa shape index (κ3) is 4.18. The van der Waals surface area contributed by atoms with E-state index in [0.717, 1.165) is 17.3 Å². The van der Waals surface area contributed by atoms with Crippen LogP contribution >= 0.6 is 22.9 Å². The van der Waals surface area contributed by atoms with E-state index in [9.17, 15) is 4.79 Å². The average molecular weight is 311 g/mol. The zero-order valence-electron chi connectivity index (χ0n) is 11.0.